The topological polar surface area (TPSA) is 55.1 Å². The third-order valence-corrected chi connectivity index (χ3v) is 2.90. The van der Waals surface area contributed by atoms with E-state index in [4.69, 9.17) is 5.73 Å². The van der Waals surface area contributed by atoms with Crippen LogP contribution in [-0.4, -0.2) is 5.91 Å². The minimum atomic E-state index is -0.540. The maximum Gasteiger partial charge on any atom is 0.255 e. The van der Waals surface area contributed by atoms with Crippen molar-refractivity contribution in [1.29, 1.82) is 0 Å². The highest BCUT2D eigenvalue weighted by Crippen LogP contribution is 2.18. The van der Waals surface area contributed by atoms with Crippen molar-refractivity contribution in [1.82, 2.24) is 0 Å². The van der Waals surface area contributed by atoms with Crippen molar-refractivity contribution in [3.05, 3.63) is 59.4 Å². The monoisotopic (exact) mass is 258 g/mol. The van der Waals surface area contributed by atoms with Gasteiger partial charge in [0.15, 0.2) is 0 Å². The molecule has 0 heterocycles. The van der Waals surface area contributed by atoms with Crippen LogP contribution in [0.4, 0.5) is 15.8 Å². The molecule has 0 saturated heterocycles. The molecule has 2 rings (SSSR count). The average Bonchev–Trinajstić information content (AvgIpc) is 2.43. The number of carbonyl (C=O) groups is 1. The highest BCUT2D eigenvalue weighted by Gasteiger charge is 2.10. The van der Waals surface area contributed by atoms with Crippen LogP contribution in [0.1, 0.15) is 22.8 Å². The molecule has 0 aliphatic heterocycles. The zero-order chi connectivity index (χ0) is 13.8. The highest BCUT2D eigenvalue weighted by atomic mass is 19.1. The Morgan fingerprint density at radius 2 is 2.00 bits per heavy atom. The normalized spacial score (nSPS) is 10.2. The number of anilines is 2. The zero-order valence-electron chi connectivity index (χ0n) is 10.6. The molecule has 0 aromatic heterocycles. The third-order valence-electron chi connectivity index (χ3n) is 2.90. The molecule has 0 spiro atoms. The van der Waals surface area contributed by atoms with Crippen LogP contribution < -0.4 is 11.1 Å². The van der Waals surface area contributed by atoms with Crippen molar-refractivity contribution in [2.24, 2.45) is 0 Å². The van der Waals surface area contributed by atoms with E-state index < -0.39 is 5.82 Å². The second kappa shape index (κ2) is 5.52. The van der Waals surface area contributed by atoms with Crippen molar-refractivity contribution in [2.45, 2.75) is 13.3 Å². The van der Waals surface area contributed by atoms with E-state index in [-0.39, 0.29) is 11.6 Å². The van der Waals surface area contributed by atoms with Gasteiger partial charge in [-0.3, -0.25) is 4.79 Å². The summed E-state index contributed by atoms with van der Waals surface area (Å²) in [4.78, 5) is 12.1. The molecular formula is C15H15FN2O. The van der Waals surface area contributed by atoms with Crippen molar-refractivity contribution in [3.8, 4) is 0 Å². The van der Waals surface area contributed by atoms with Crippen molar-refractivity contribution >= 4 is 17.3 Å². The van der Waals surface area contributed by atoms with E-state index in [1.54, 1.807) is 18.2 Å². The number of nitrogens with two attached hydrogens (primary N) is 1. The van der Waals surface area contributed by atoms with Crippen LogP contribution in [0, 0.1) is 5.82 Å². The molecule has 0 fully saturated rings. The van der Waals surface area contributed by atoms with Gasteiger partial charge in [0, 0.05) is 11.3 Å². The molecule has 3 nitrogen and oxygen atoms in total. The Kier molecular flexibility index (Phi) is 3.80. The summed E-state index contributed by atoms with van der Waals surface area (Å²) in [6.07, 6.45) is 0.764. The van der Waals surface area contributed by atoms with Crippen LogP contribution in [-0.2, 0) is 6.42 Å². The predicted molar refractivity (Wildman–Crippen MR) is 74.6 cm³/mol. The first-order chi connectivity index (χ1) is 9.11. The Labute approximate surface area is 111 Å². The number of aryl methyl sites for hydroxylation is 1. The first-order valence-electron chi connectivity index (χ1n) is 6.06. The second-order valence-corrected chi connectivity index (χ2v) is 4.20. The molecule has 98 valence electrons. The number of benzene rings is 2. The van der Waals surface area contributed by atoms with E-state index in [2.05, 4.69) is 5.32 Å². The smallest absolute Gasteiger partial charge is 0.255 e. The Morgan fingerprint density at radius 3 is 2.68 bits per heavy atom. The van der Waals surface area contributed by atoms with Gasteiger partial charge in [-0.2, -0.15) is 0 Å². The SMILES string of the molecule is CCc1ccccc1C(=O)Nc1ccc(N)c(F)c1. The van der Waals surface area contributed by atoms with Crippen LogP contribution in [0.2, 0.25) is 0 Å². The quantitative estimate of drug-likeness (QED) is 0.830. The molecule has 1 amide bonds. The number of nitrogen functional groups attached to an aromatic ring is 1. The summed E-state index contributed by atoms with van der Waals surface area (Å²) in [7, 11) is 0. The van der Waals surface area contributed by atoms with Gasteiger partial charge in [0.2, 0.25) is 0 Å². The van der Waals surface area contributed by atoms with Gasteiger partial charge in [0.25, 0.3) is 5.91 Å². The zero-order valence-corrected chi connectivity index (χ0v) is 10.6. The summed E-state index contributed by atoms with van der Waals surface area (Å²) in [6.45, 7) is 1.98. The Balaban J connectivity index is 2.23. The number of hydrogen-bond donors (Lipinski definition) is 2. The standard InChI is InChI=1S/C15H15FN2O/c1-2-10-5-3-4-6-12(10)15(19)18-11-7-8-14(17)13(16)9-11/h3-9H,2,17H2,1H3,(H,18,19). The molecule has 2 aromatic carbocycles. The lowest BCUT2D eigenvalue weighted by Crippen LogP contribution is -2.14. The fourth-order valence-electron chi connectivity index (χ4n) is 1.85. The molecule has 0 bridgehead atoms. The van der Waals surface area contributed by atoms with Gasteiger partial charge >= 0.3 is 0 Å². The first-order valence-corrected chi connectivity index (χ1v) is 6.06. The second-order valence-electron chi connectivity index (χ2n) is 4.20. The van der Waals surface area contributed by atoms with Crippen molar-refractivity contribution in [3.63, 3.8) is 0 Å². The minimum Gasteiger partial charge on any atom is -0.396 e. The molecule has 0 aliphatic rings. The van der Waals surface area contributed by atoms with E-state index >= 15 is 0 Å². The van der Waals surface area contributed by atoms with E-state index in [0.29, 0.717) is 11.3 Å². The fraction of sp³-hybridized carbons (Fsp3) is 0.133. The van der Waals surface area contributed by atoms with E-state index in [0.717, 1.165) is 12.0 Å². The molecule has 0 atom stereocenters. The van der Waals surface area contributed by atoms with Crippen LogP contribution in [0.25, 0.3) is 0 Å². The molecule has 0 saturated carbocycles. The van der Waals surface area contributed by atoms with Gasteiger partial charge < -0.3 is 11.1 Å². The molecular weight excluding hydrogens is 243 g/mol. The summed E-state index contributed by atoms with van der Waals surface area (Å²) in [5.41, 5.74) is 7.40. The van der Waals surface area contributed by atoms with Crippen molar-refractivity contribution < 1.29 is 9.18 Å². The van der Waals surface area contributed by atoms with Gasteiger partial charge in [0.1, 0.15) is 5.82 Å². The summed E-state index contributed by atoms with van der Waals surface area (Å²) in [6, 6.07) is 11.6. The lowest BCUT2D eigenvalue weighted by molar-refractivity contribution is 0.102. The van der Waals surface area contributed by atoms with Gasteiger partial charge in [0.05, 0.1) is 5.69 Å². The third kappa shape index (κ3) is 2.91. The number of carbonyl (C=O) groups excluding carboxylic acids is 1. The van der Waals surface area contributed by atoms with E-state index in [1.165, 1.54) is 12.1 Å². The minimum absolute atomic E-state index is 0.0620. The molecule has 3 N–H and O–H groups in total. The number of halogens is 1. The number of hydrogen-bond acceptors (Lipinski definition) is 2. The number of nitrogens with one attached hydrogen (secondary N) is 1. The lowest BCUT2D eigenvalue weighted by atomic mass is 10.0. The molecule has 2 aromatic rings. The molecule has 19 heavy (non-hydrogen) atoms. The Hall–Kier alpha value is -2.36. The lowest BCUT2D eigenvalue weighted by Gasteiger charge is -2.09. The molecule has 0 unspecified atom stereocenters. The predicted octanol–water partition coefficient (Wildman–Crippen LogP) is 3.22. The van der Waals surface area contributed by atoms with Crippen LogP contribution >= 0.6 is 0 Å². The van der Waals surface area contributed by atoms with Gasteiger partial charge in [-0.05, 0) is 36.2 Å². The van der Waals surface area contributed by atoms with E-state index in [9.17, 15) is 9.18 Å². The number of rotatable bonds is 3. The molecule has 0 radical (unpaired) electrons. The highest BCUT2D eigenvalue weighted by molar-refractivity contribution is 6.05. The maximum absolute atomic E-state index is 13.3. The van der Waals surface area contributed by atoms with Gasteiger partial charge in [-0.1, -0.05) is 25.1 Å². The van der Waals surface area contributed by atoms with Crippen LogP contribution in [0.3, 0.4) is 0 Å². The molecule has 0 aliphatic carbocycles. The van der Waals surface area contributed by atoms with Crippen LogP contribution in [0.15, 0.2) is 42.5 Å². The summed E-state index contributed by atoms with van der Waals surface area (Å²) >= 11 is 0. The van der Waals surface area contributed by atoms with Crippen molar-refractivity contribution in [2.75, 3.05) is 11.1 Å². The maximum atomic E-state index is 13.3. The van der Waals surface area contributed by atoms with Gasteiger partial charge in [-0.15, -0.1) is 0 Å². The Bertz CT molecular complexity index is 611. The van der Waals surface area contributed by atoms with E-state index in [1.807, 2.05) is 19.1 Å². The summed E-state index contributed by atoms with van der Waals surface area (Å²) in [5.74, 6) is -0.789. The summed E-state index contributed by atoms with van der Waals surface area (Å²) < 4.78 is 13.3. The number of amides is 1. The van der Waals surface area contributed by atoms with Crippen LogP contribution in [0.5, 0.6) is 0 Å². The largest absolute Gasteiger partial charge is 0.396 e. The summed E-state index contributed by atoms with van der Waals surface area (Å²) in [5, 5.41) is 2.67. The van der Waals surface area contributed by atoms with Gasteiger partial charge in [-0.25, -0.2) is 4.39 Å². The molecule has 4 heteroatoms. The fourth-order valence-corrected chi connectivity index (χ4v) is 1.85. The average molecular weight is 258 g/mol. The first kappa shape index (κ1) is 13.1. The Morgan fingerprint density at radius 1 is 1.26 bits per heavy atom.